The van der Waals surface area contributed by atoms with Crippen molar-refractivity contribution in [1.82, 2.24) is 0 Å². The molecule has 0 saturated carbocycles. The molecule has 0 aliphatic carbocycles. The molecule has 7 heteroatoms. The highest BCUT2D eigenvalue weighted by Gasteiger charge is 2.15. The summed E-state index contributed by atoms with van der Waals surface area (Å²) < 4.78 is 23.4. The van der Waals surface area contributed by atoms with E-state index in [4.69, 9.17) is 0 Å². The smallest absolute Gasteiger partial charge is 0.234 e. The number of sulfone groups is 1. The average Bonchev–Trinajstić information content (AvgIpc) is 2.32. The van der Waals surface area contributed by atoms with Gasteiger partial charge in [0.15, 0.2) is 9.84 Å². The van der Waals surface area contributed by atoms with Gasteiger partial charge in [-0.1, -0.05) is 6.92 Å². The summed E-state index contributed by atoms with van der Waals surface area (Å²) in [5.74, 6) is -0.233. The van der Waals surface area contributed by atoms with Crippen LogP contribution < -0.4 is 5.32 Å². The Hall–Kier alpha value is -1.21. The number of nitrogens with one attached hydrogen (secondary N) is 1. The van der Waals surface area contributed by atoms with E-state index in [-0.39, 0.29) is 33.7 Å². The second-order valence-electron chi connectivity index (χ2n) is 3.56. The Bertz CT molecular complexity index is 540. The van der Waals surface area contributed by atoms with Crippen molar-refractivity contribution < 1.29 is 18.3 Å². The first kappa shape index (κ1) is 14.8. The first-order chi connectivity index (χ1) is 8.40. The summed E-state index contributed by atoms with van der Waals surface area (Å²) >= 11 is 1.34. The minimum atomic E-state index is -3.35. The lowest BCUT2D eigenvalue weighted by atomic mass is 10.3. The van der Waals surface area contributed by atoms with Crippen LogP contribution in [0, 0.1) is 0 Å². The number of rotatable bonds is 5. The molecule has 0 unspecified atom stereocenters. The zero-order chi connectivity index (χ0) is 13.8. The molecule has 100 valence electrons. The zero-order valence-corrected chi connectivity index (χ0v) is 11.8. The molecule has 5 nitrogen and oxygen atoms in total. The topological polar surface area (TPSA) is 83.5 Å². The van der Waals surface area contributed by atoms with Crippen LogP contribution in [0.3, 0.4) is 0 Å². The normalized spacial score (nSPS) is 11.2. The van der Waals surface area contributed by atoms with Crippen LogP contribution in [0.2, 0.25) is 0 Å². The molecule has 0 fully saturated rings. The molecule has 0 spiro atoms. The SMILES string of the molecule is CCS(=O)(=O)c1ccc(O)c(NC(=O)CSC)c1. The Kier molecular flexibility index (Phi) is 5.03. The fourth-order valence-corrected chi connectivity index (χ4v) is 2.53. The van der Waals surface area contributed by atoms with Gasteiger partial charge < -0.3 is 10.4 Å². The summed E-state index contributed by atoms with van der Waals surface area (Å²) in [6.45, 7) is 1.54. The Morgan fingerprint density at radius 2 is 2.11 bits per heavy atom. The van der Waals surface area contributed by atoms with Crippen molar-refractivity contribution in [3.8, 4) is 5.75 Å². The number of carbonyl (C=O) groups is 1. The first-order valence-corrected chi connectivity index (χ1v) is 8.30. The average molecular weight is 289 g/mol. The van der Waals surface area contributed by atoms with E-state index < -0.39 is 9.84 Å². The number of thioether (sulfide) groups is 1. The molecule has 1 amide bonds. The lowest BCUT2D eigenvalue weighted by Gasteiger charge is -2.09. The van der Waals surface area contributed by atoms with E-state index >= 15 is 0 Å². The Morgan fingerprint density at radius 3 is 2.67 bits per heavy atom. The van der Waals surface area contributed by atoms with E-state index in [2.05, 4.69) is 5.32 Å². The van der Waals surface area contributed by atoms with E-state index in [1.807, 2.05) is 0 Å². The molecular formula is C11H15NO4S2. The van der Waals surface area contributed by atoms with Gasteiger partial charge in [-0.05, 0) is 24.5 Å². The van der Waals surface area contributed by atoms with Gasteiger partial charge in [-0.3, -0.25) is 4.79 Å². The number of anilines is 1. The molecule has 1 rings (SSSR count). The number of carbonyl (C=O) groups excluding carboxylic acids is 1. The standard InChI is InChI=1S/C11H15NO4S2/c1-3-18(15,16)8-4-5-10(13)9(6-8)12-11(14)7-17-2/h4-6,13H,3,7H2,1-2H3,(H,12,14). The number of phenols is 1. The van der Waals surface area contributed by atoms with Crippen LogP contribution in [0.1, 0.15) is 6.92 Å². The maximum Gasteiger partial charge on any atom is 0.234 e. The van der Waals surface area contributed by atoms with Crippen molar-refractivity contribution in [2.24, 2.45) is 0 Å². The highest BCUT2D eigenvalue weighted by Crippen LogP contribution is 2.27. The van der Waals surface area contributed by atoms with Crippen LogP contribution in [-0.4, -0.2) is 37.2 Å². The molecule has 0 aliphatic heterocycles. The highest BCUT2D eigenvalue weighted by molar-refractivity contribution is 7.99. The quantitative estimate of drug-likeness (QED) is 0.802. The highest BCUT2D eigenvalue weighted by atomic mass is 32.2. The van der Waals surface area contributed by atoms with Crippen molar-refractivity contribution in [3.05, 3.63) is 18.2 Å². The van der Waals surface area contributed by atoms with Crippen molar-refractivity contribution >= 4 is 33.2 Å². The van der Waals surface area contributed by atoms with Gasteiger partial charge in [0.2, 0.25) is 5.91 Å². The van der Waals surface area contributed by atoms with E-state index in [0.717, 1.165) is 0 Å². The Balaban J connectivity index is 3.06. The summed E-state index contributed by atoms with van der Waals surface area (Å²) in [5, 5.41) is 12.0. The summed E-state index contributed by atoms with van der Waals surface area (Å²) in [4.78, 5) is 11.5. The number of amides is 1. The molecule has 0 radical (unpaired) electrons. The summed E-state index contributed by atoms with van der Waals surface area (Å²) in [7, 11) is -3.35. The molecule has 1 aromatic rings. The van der Waals surface area contributed by atoms with E-state index in [9.17, 15) is 18.3 Å². The largest absolute Gasteiger partial charge is 0.506 e. The van der Waals surface area contributed by atoms with Crippen molar-refractivity contribution in [3.63, 3.8) is 0 Å². The fourth-order valence-electron chi connectivity index (χ4n) is 1.29. The number of aromatic hydroxyl groups is 1. The third-order valence-electron chi connectivity index (χ3n) is 2.26. The van der Waals surface area contributed by atoms with Gasteiger partial charge in [-0.2, -0.15) is 11.8 Å². The predicted molar refractivity (Wildman–Crippen MR) is 72.8 cm³/mol. The molecule has 0 aliphatic rings. The molecule has 2 N–H and O–H groups in total. The van der Waals surface area contributed by atoms with Gasteiger partial charge in [0.25, 0.3) is 0 Å². The van der Waals surface area contributed by atoms with Crippen LogP contribution >= 0.6 is 11.8 Å². The minimum absolute atomic E-state index is 0.0318. The third-order valence-corrected chi connectivity index (χ3v) is 4.54. The second-order valence-corrected chi connectivity index (χ2v) is 6.71. The Labute approximate surface area is 111 Å². The minimum Gasteiger partial charge on any atom is -0.506 e. The van der Waals surface area contributed by atoms with Crippen molar-refractivity contribution in [2.45, 2.75) is 11.8 Å². The number of benzene rings is 1. The van der Waals surface area contributed by atoms with Gasteiger partial charge in [-0.25, -0.2) is 8.42 Å². The van der Waals surface area contributed by atoms with Crippen LogP contribution in [0.4, 0.5) is 5.69 Å². The van der Waals surface area contributed by atoms with Crippen LogP contribution in [0.5, 0.6) is 5.75 Å². The van der Waals surface area contributed by atoms with Gasteiger partial charge >= 0.3 is 0 Å². The summed E-state index contributed by atoms with van der Waals surface area (Å²) in [6.07, 6.45) is 1.78. The maximum absolute atomic E-state index is 11.7. The number of hydrogen-bond acceptors (Lipinski definition) is 5. The molecule has 0 heterocycles. The van der Waals surface area contributed by atoms with Crippen molar-refractivity contribution in [2.75, 3.05) is 23.1 Å². The zero-order valence-electron chi connectivity index (χ0n) is 10.1. The third kappa shape index (κ3) is 3.64. The predicted octanol–water partition coefficient (Wildman–Crippen LogP) is 1.49. The molecule has 0 aromatic heterocycles. The van der Waals surface area contributed by atoms with E-state index in [1.165, 1.54) is 36.9 Å². The number of hydrogen-bond donors (Lipinski definition) is 2. The molecule has 0 bridgehead atoms. The van der Waals surface area contributed by atoms with Crippen LogP contribution in [0.25, 0.3) is 0 Å². The Morgan fingerprint density at radius 1 is 1.44 bits per heavy atom. The summed E-state index contributed by atoms with van der Waals surface area (Å²) in [6, 6.07) is 3.85. The molecular weight excluding hydrogens is 274 g/mol. The van der Waals surface area contributed by atoms with Crippen LogP contribution in [-0.2, 0) is 14.6 Å². The molecule has 0 saturated heterocycles. The molecule has 18 heavy (non-hydrogen) atoms. The van der Waals surface area contributed by atoms with E-state index in [0.29, 0.717) is 0 Å². The van der Waals surface area contributed by atoms with Gasteiger partial charge in [0.05, 0.1) is 22.1 Å². The van der Waals surface area contributed by atoms with Gasteiger partial charge in [0.1, 0.15) is 5.75 Å². The van der Waals surface area contributed by atoms with Gasteiger partial charge in [0, 0.05) is 0 Å². The van der Waals surface area contributed by atoms with Crippen molar-refractivity contribution in [1.29, 1.82) is 0 Å². The number of phenolic OH excluding ortho intramolecular Hbond substituents is 1. The lowest BCUT2D eigenvalue weighted by Crippen LogP contribution is -2.14. The summed E-state index contributed by atoms with van der Waals surface area (Å²) in [5.41, 5.74) is 0.114. The van der Waals surface area contributed by atoms with Crippen LogP contribution in [0.15, 0.2) is 23.1 Å². The lowest BCUT2D eigenvalue weighted by molar-refractivity contribution is -0.113. The monoisotopic (exact) mass is 289 g/mol. The second kappa shape index (κ2) is 6.10. The molecule has 1 aromatic carbocycles. The van der Waals surface area contributed by atoms with Gasteiger partial charge in [-0.15, -0.1) is 0 Å². The van der Waals surface area contributed by atoms with E-state index in [1.54, 1.807) is 6.26 Å². The first-order valence-electron chi connectivity index (χ1n) is 5.25. The fraction of sp³-hybridized carbons (Fsp3) is 0.364. The maximum atomic E-state index is 11.7. The molecule has 0 atom stereocenters.